The summed E-state index contributed by atoms with van der Waals surface area (Å²) in [6.07, 6.45) is 3.68. The highest BCUT2D eigenvalue weighted by Crippen LogP contribution is 2.39. The van der Waals surface area contributed by atoms with E-state index in [0.717, 1.165) is 31.7 Å². The smallest absolute Gasteiger partial charge is 0.341 e. The van der Waals surface area contributed by atoms with Crippen LogP contribution in [0.25, 0.3) is 11.3 Å². The van der Waals surface area contributed by atoms with Gasteiger partial charge in [0.05, 0.1) is 0 Å². The van der Waals surface area contributed by atoms with Crippen LogP contribution in [-0.2, 0) is 0 Å². The van der Waals surface area contributed by atoms with Crippen molar-refractivity contribution in [1.29, 1.82) is 0 Å². The van der Waals surface area contributed by atoms with E-state index in [-0.39, 0.29) is 22.7 Å². The highest BCUT2D eigenvalue weighted by Gasteiger charge is 2.31. The highest BCUT2D eigenvalue weighted by atomic mass is 19.1. The summed E-state index contributed by atoms with van der Waals surface area (Å²) in [5.41, 5.74) is -0.267. The van der Waals surface area contributed by atoms with E-state index in [1.165, 1.54) is 6.07 Å². The molecule has 1 heterocycles. The Morgan fingerprint density at radius 1 is 1.29 bits per heavy atom. The number of benzene rings is 1. The molecule has 0 saturated heterocycles. The first-order chi connectivity index (χ1) is 10.1. The van der Waals surface area contributed by atoms with Crippen LogP contribution in [0.4, 0.5) is 8.78 Å². The Bertz CT molecular complexity index is 690. The van der Waals surface area contributed by atoms with Gasteiger partial charge in [0.2, 0.25) is 0 Å². The third-order valence-electron chi connectivity index (χ3n) is 3.84. The Morgan fingerprint density at radius 2 is 2.00 bits per heavy atom. The molecule has 0 radical (unpaired) electrons. The van der Waals surface area contributed by atoms with Gasteiger partial charge in [-0.25, -0.2) is 13.6 Å². The van der Waals surface area contributed by atoms with E-state index in [1.54, 1.807) is 0 Å². The Morgan fingerprint density at radius 3 is 2.62 bits per heavy atom. The lowest BCUT2D eigenvalue weighted by molar-refractivity contribution is 0.0694. The molecule has 3 rings (SSSR count). The van der Waals surface area contributed by atoms with Gasteiger partial charge in [0.15, 0.2) is 5.76 Å². The Hall–Kier alpha value is -2.24. The zero-order valence-electron chi connectivity index (χ0n) is 11.1. The molecule has 1 saturated carbocycles. The van der Waals surface area contributed by atoms with Gasteiger partial charge in [-0.1, -0.05) is 18.0 Å². The lowest BCUT2D eigenvalue weighted by Crippen LogP contribution is -2.04. The Labute approximate surface area is 119 Å². The number of halogens is 2. The molecule has 0 unspecified atom stereocenters. The SMILES string of the molecule is O=C(O)c1c(-c2ccc(F)cc2F)noc1C1CCCC1. The van der Waals surface area contributed by atoms with Crippen molar-refractivity contribution in [2.75, 3.05) is 0 Å². The van der Waals surface area contributed by atoms with Gasteiger partial charge in [0, 0.05) is 17.5 Å². The minimum Gasteiger partial charge on any atom is -0.477 e. The van der Waals surface area contributed by atoms with Crippen LogP contribution < -0.4 is 0 Å². The maximum Gasteiger partial charge on any atom is 0.341 e. The number of rotatable bonds is 3. The lowest BCUT2D eigenvalue weighted by atomic mass is 9.97. The molecule has 0 spiro atoms. The molecule has 1 aliphatic carbocycles. The van der Waals surface area contributed by atoms with Gasteiger partial charge >= 0.3 is 5.97 Å². The number of aromatic nitrogens is 1. The van der Waals surface area contributed by atoms with Crippen molar-refractivity contribution >= 4 is 5.97 Å². The number of carbonyl (C=O) groups is 1. The summed E-state index contributed by atoms with van der Waals surface area (Å²) in [6.45, 7) is 0. The van der Waals surface area contributed by atoms with Gasteiger partial charge < -0.3 is 9.63 Å². The molecule has 21 heavy (non-hydrogen) atoms. The number of carboxylic acids is 1. The number of hydrogen-bond donors (Lipinski definition) is 1. The molecule has 2 aromatic rings. The number of carboxylic acid groups (broad SMARTS) is 1. The second kappa shape index (κ2) is 5.27. The van der Waals surface area contributed by atoms with Crippen LogP contribution in [0.5, 0.6) is 0 Å². The molecule has 1 N–H and O–H groups in total. The average Bonchev–Trinajstić information content (AvgIpc) is 3.07. The first-order valence-corrected chi connectivity index (χ1v) is 6.76. The molecule has 0 aliphatic heterocycles. The fourth-order valence-corrected chi connectivity index (χ4v) is 2.84. The van der Waals surface area contributed by atoms with Crippen molar-refractivity contribution in [3.63, 3.8) is 0 Å². The number of aromatic carboxylic acids is 1. The van der Waals surface area contributed by atoms with Crippen molar-refractivity contribution in [3.05, 3.63) is 41.2 Å². The highest BCUT2D eigenvalue weighted by molar-refractivity contribution is 5.96. The Kier molecular flexibility index (Phi) is 3.45. The van der Waals surface area contributed by atoms with Crippen molar-refractivity contribution in [2.45, 2.75) is 31.6 Å². The molecule has 1 fully saturated rings. The first-order valence-electron chi connectivity index (χ1n) is 6.76. The summed E-state index contributed by atoms with van der Waals surface area (Å²) < 4.78 is 32.0. The van der Waals surface area contributed by atoms with Gasteiger partial charge in [-0.05, 0) is 25.0 Å². The van der Waals surface area contributed by atoms with E-state index in [2.05, 4.69) is 5.16 Å². The summed E-state index contributed by atoms with van der Waals surface area (Å²) in [7, 11) is 0. The van der Waals surface area contributed by atoms with Crippen LogP contribution in [0.15, 0.2) is 22.7 Å². The summed E-state index contributed by atoms with van der Waals surface area (Å²) >= 11 is 0. The predicted molar refractivity (Wildman–Crippen MR) is 70.0 cm³/mol. The van der Waals surface area contributed by atoms with Gasteiger partial charge in [-0.15, -0.1) is 0 Å². The zero-order valence-corrected chi connectivity index (χ0v) is 11.1. The van der Waals surface area contributed by atoms with Crippen molar-refractivity contribution in [3.8, 4) is 11.3 Å². The van der Waals surface area contributed by atoms with Crippen LogP contribution in [0, 0.1) is 11.6 Å². The summed E-state index contributed by atoms with van der Waals surface area (Å²) in [5.74, 6) is -2.51. The van der Waals surface area contributed by atoms with Crippen molar-refractivity contribution < 1.29 is 23.2 Å². The van der Waals surface area contributed by atoms with Gasteiger partial charge in [-0.2, -0.15) is 0 Å². The first kappa shape index (κ1) is 13.7. The van der Waals surface area contributed by atoms with E-state index in [0.29, 0.717) is 11.8 Å². The van der Waals surface area contributed by atoms with Crippen LogP contribution in [0.3, 0.4) is 0 Å². The summed E-state index contributed by atoms with van der Waals surface area (Å²) in [4.78, 5) is 11.5. The zero-order chi connectivity index (χ0) is 15.0. The molecule has 0 atom stereocenters. The van der Waals surface area contributed by atoms with Crippen molar-refractivity contribution in [1.82, 2.24) is 5.16 Å². The van der Waals surface area contributed by atoms with E-state index in [4.69, 9.17) is 4.52 Å². The molecule has 1 aromatic carbocycles. The molecular weight excluding hydrogens is 280 g/mol. The minimum absolute atomic E-state index is 0.000796. The Balaban J connectivity index is 2.12. The summed E-state index contributed by atoms with van der Waals surface area (Å²) in [6, 6.07) is 2.94. The predicted octanol–water partition coefficient (Wildman–Crippen LogP) is 3.98. The molecule has 110 valence electrons. The standard InChI is InChI=1S/C15H13F2NO3/c16-9-5-6-10(11(17)7-9)13-12(15(19)20)14(21-18-13)8-3-1-2-4-8/h5-8H,1-4H2,(H,19,20). The van der Waals surface area contributed by atoms with Crippen LogP contribution in [0.1, 0.15) is 47.7 Å². The fourth-order valence-electron chi connectivity index (χ4n) is 2.84. The quantitative estimate of drug-likeness (QED) is 0.929. The van der Waals surface area contributed by atoms with E-state index < -0.39 is 17.6 Å². The fraction of sp³-hybridized carbons (Fsp3) is 0.333. The third-order valence-corrected chi connectivity index (χ3v) is 3.84. The molecule has 4 nitrogen and oxygen atoms in total. The molecule has 0 bridgehead atoms. The third kappa shape index (κ3) is 2.41. The monoisotopic (exact) mass is 293 g/mol. The minimum atomic E-state index is -1.21. The number of nitrogens with zero attached hydrogens (tertiary/aromatic N) is 1. The molecule has 6 heteroatoms. The van der Waals surface area contributed by atoms with E-state index >= 15 is 0 Å². The van der Waals surface area contributed by atoms with Gasteiger partial charge in [0.25, 0.3) is 0 Å². The second-order valence-corrected chi connectivity index (χ2v) is 5.18. The maximum absolute atomic E-state index is 13.9. The normalized spacial score (nSPS) is 15.5. The van der Waals surface area contributed by atoms with E-state index in [1.807, 2.05) is 0 Å². The molecule has 1 aromatic heterocycles. The van der Waals surface area contributed by atoms with Crippen LogP contribution in [-0.4, -0.2) is 16.2 Å². The van der Waals surface area contributed by atoms with Gasteiger partial charge in [-0.3, -0.25) is 0 Å². The van der Waals surface area contributed by atoms with Crippen LogP contribution >= 0.6 is 0 Å². The molecule has 0 amide bonds. The lowest BCUT2D eigenvalue weighted by Gasteiger charge is -2.05. The number of hydrogen-bond acceptors (Lipinski definition) is 3. The average molecular weight is 293 g/mol. The van der Waals surface area contributed by atoms with Crippen LogP contribution in [0.2, 0.25) is 0 Å². The van der Waals surface area contributed by atoms with Gasteiger partial charge in [0.1, 0.15) is 22.9 Å². The van der Waals surface area contributed by atoms with Crippen molar-refractivity contribution in [2.24, 2.45) is 0 Å². The maximum atomic E-state index is 13.9. The topological polar surface area (TPSA) is 63.3 Å². The van der Waals surface area contributed by atoms with E-state index in [9.17, 15) is 18.7 Å². The largest absolute Gasteiger partial charge is 0.477 e. The molecular formula is C15H13F2NO3. The summed E-state index contributed by atoms with van der Waals surface area (Å²) in [5, 5.41) is 13.1. The second-order valence-electron chi connectivity index (χ2n) is 5.18. The molecule has 1 aliphatic rings.